The van der Waals surface area contributed by atoms with E-state index in [0.29, 0.717) is 25.9 Å². The Balaban J connectivity index is 2.44. The molecule has 0 heterocycles. The molecule has 0 aliphatic heterocycles. The van der Waals surface area contributed by atoms with Crippen LogP contribution in [-0.2, 0) is 16.0 Å². The zero-order chi connectivity index (χ0) is 15.8. The number of carbonyl (C=O) groups excluding carboxylic acids is 2. The molecule has 0 bridgehead atoms. The Morgan fingerprint density at radius 1 is 1.05 bits per heavy atom. The summed E-state index contributed by atoms with van der Waals surface area (Å²) in [6, 6.07) is 6.11. The summed E-state index contributed by atoms with van der Waals surface area (Å²) >= 11 is 0. The largest absolute Gasteiger partial charge is 0.342 e. The summed E-state index contributed by atoms with van der Waals surface area (Å²) in [4.78, 5) is 27.1. The first-order valence-corrected chi connectivity index (χ1v) is 7.24. The van der Waals surface area contributed by atoms with E-state index in [1.807, 2.05) is 13.8 Å². The van der Waals surface area contributed by atoms with E-state index in [1.54, 1.807) is 24.1 Å². The van der Waals surface area contributed by atoms with Crippen LogP contribution >= 0.6 is 0 Å². The summed E-state index contributed by atoms with van der Waals surface area (Å²) in [7, 11) is 1.63. The van der Waals surface area contributed by atoms with Gasteiger partial charge in [-0.05, 0) is 38.0 Å². The van der Waals surface area contributed by atoms with Crippen LogP contribution in [-0.4, -0.2) is 48.3 Å². The molecule has 0 aliphatic rings. The van der Waals surface area contributed by atoms with E-state index in [-0.39, 0.29) is 24.2 Å². The van der Waals surface area contributed by atoms with Gasteiger partial charge in [0, 0.05) is 26.6 Å². The van der Waals surface area contributed by atoms with Gasteiger partial charge in [0.2, 0.25) is 11.8 Å². The summed E-state index contributed by atoms with van der Waals surface area (Å²) in [5.41, 5.74) is 0.910. The van der Waals surface area contributed by atoms with Crippen molar-refractivity contribution in [2.45, 2.75) is 26.7 Å². The molecule has 0 aliphatic carbocycles. The maximum atomic E-state index is 12.8. The van der Waals surface area contributed by atoms with Crippen molar-refractivity contribution in [3.63, 3.8) is 0 Å². The number of hydrogen-bond acceptors (Lipinski definition) is 2. The fourth-order valence-electron chi connectivity index (χ4n) is 2.06. The number of hydrogen-bond donors (Lipinski definition) is 0. The highest BCUT2D eigenvalue weighted by Gasteiger charge is 2.16. The molecule has 5 heteroatoms. The number of halogens is 1. The molecule has 21 heavy (non-hydrogen) atoms. The van der Waals surface area contributed by atoms with Crippen LogP contribution in [0.1, 0.15) is 25.8 Å². The Morgan fingerprint density at radius 2 is 1.62 bits per heavy atom. The second kappa shape index (κ2) is 8.39. The second-order valence-corrected chi connectivity index (χ2v) is 4.94. The van der Waals surface area contributed by atoms with E-state index in [2.05, 4.69) is 0 Å². The first-order valence-electron chi connectivity index (χ1n) is 7.24. The lowest BCUT2D eigenvalue weighted by molar-refractivity contribution is -0.139. The van der Waals surface area contributed by atoms with E-state index in [4.69, 9.17) is 0 Å². The molecule has 1 aromatic carbocycles. The molecule has 2 amide bonds. The fourth-order valence-corrected chi connectivity index (χ4v) is 2.06. The van der Waals surface area contributed by atoms with E-state index in [1.165, 1.54) is 17.0 Å². The highest BCUT2D eigenvalue weighted by atomic mass is 19.1. The Hall–Kier alpha value is -1.91. The van der Waals surface area contributed by atoms with Crippen molar-refractivity contribution in [3.8, 4) is 0 Å². The van der Waals surface area contributed by atoms with Gasteiger partial charge in [-0.25, -0.2) is 4.39 Å². The zero-order valence-corrected chi connectivity index (χ0v) is 12.9. The third-order valence-electron chi connectivity index (χ3n) is 3.46. The Labute approximate surface area is 125 Å². The molecule has 4 nitrogen and oxygen atoms in total. The van der Waals surface area contributed by atoms with Gasteiger partial charge < -0.3 is 9.80 Å². The van der Waals surface area contributed by atoms with Crippen LogP contribution < -0.4 is 0 Å². The standard InChI is InChI=1S/C16H23FN2O2/c1-4-19(5-2)16(21)12-18(3)15(20)11-8-13-6-9-14(17)10-7-13/h6-7,9-10H,4-5,8,11-12H2,1-3H3. The van der Waals surface area contributed by atoms with Gasteiger partial charge >= 0.3 is 0 Å². The topological polar surface area (TPSA) is 40.6 Å². The summed E-state index contributed by atoms with van der Waals surface area (Å²) < 4.78 is 12.8. The SMILES string of the molecule is CCN(CC)C(=O)CN(C)C(=O)CCc1ccc(F)cc1. The summed E-state index contributed by atoms with van der Waals surface area (Å²) in [5.74, 6) is -0.413. The Morgan fingerprint density at radius 3 is 2.14 bits per heavy atom. The first-order chi connectivity index (χ1) is 9.97. The number of nitrogens with zero attached hydrogens (tertiary/aromatic N) is 2. The maximum Gasteiger partial charge on any atom is 0.242 e. The van der Waals surface area contributed by atoms with Crippen molar-refractivity contribution in [3.05, 3.63) is 35.6 Å². The zero-order valence-electron chi connectivity index (χ0n) is 12.9. The van der Waals surface area contributed by atoms with E-state index in [0.717, 1.165) is 5.56 Å². The number of carbonyl (C=O) groups is 2. The van der Waals surface area contributed by atoms with E-state index < -0.39 is 0 Å². The Kier molecular flexibility index (Phi) is 6.85. The van der Waals surface area contributed by atoms with Gasteiger partial charge in [0.15, 0.2) is 0 Å². The lowest BCUT2D eigenvalue weighted by Crippen LogP contribution is -2.41. The van der Waals surface area contributed by atoms with Crippen molar-refractivity contribution in [1.29, 1.82) is 0 Å². The van der Waals surface area contributed by atoms with Gasteiger partial charge in [-0.3, -0.25) is 9.59 Å². The molecule has 1 rings (SSSR count). The van der Waals surface area contributed by atoms with Crippen molar-refractivity contribution >= 4 is 11.8 Å². The lowest BCUT2D eigenvalue weighted by Gasteiger charge is -2.23. The van der Waals surface area contributed by atoms with Gasteiger partial charge in [0.05, 0.1) is 6.54 Å². The molecule has 0 spiro atoms. The minimum atomic E-state index is -0.285. The van der Waals surface area contributed by atoms with Crippen LogP contribution in [0.3, 0.4) is 0 Å². The molecule has 0 saturated heterocycles. The predicted octanol–water partition coefficient (Wildman–Crippen LogP) is 2.09. The average molecular weight is 294 g/mol. The molecular formula is C16H23FN2O2. The van der Waals surface area contributed by atoms with Gasteiger partial charge in [0.1, 0.15) is 5.82 Å². The molecule has 0 aromatic heterocycles. The van der Waals surface area contributed by atoms with Gasteiger partial charge in [-0.2, -0.15) is 0 Å². The second-order valence-electron chi connectivity index (χ2n) is 4.94. The van der Waals surface area contributed by atoms with Crippen molar-refractivity contribution in [2.75, 3.05) is 26.7 Å². The van der Waals surface area contributed by atoms with E-state index in [9.17, 15) is 14.0 Å². The van der Waals surface area contributed by atoms with Crippen LogP contribution in [0.25, 0.3) is 0 Å². The third-order valence-corrected chi connectivity index (χ3v) is 3.46. The van der Waals surface area contributed by atoms with Gasteiger partial charge in [-0.15, -0.1) is 0 Å². The fraction of sp³-hybridized carbons (Fsp3) is 0.500. The number of amides is 2. The number of benzene rings is 1. The van der Waals surface area contributed by atoms with Crippen molar-refractivity contribution in [1.82, 2.24) is 9.80 Å². The van der Waals surface area contributed by atoms with Crippen LogP contribution in [0.4, 0.5) is 4.39 Å². The molecular weight excluding hydrogens is 271 g/mol. The molecule has 0 N–H and O–H groups in total. The normalized spacial score (nSPS) is 10.3. The van der Waals surface area contributed by atoms with Crippen molar-refractivity contribution in [2.24, 2.45) is 0 Å². The summed E-state index contributed by atoms with van der Waals surface area (Å²) in [5, 5.41) is 0. The number of aryl methyl sites for hydroxylation is 1. The van der Waals surface area contributed by atoms with Crippen LogP contribution in [0, 0.1) is 5.82 Å². The number of rotatable bonds is 7. The first kappa shape index (κ1) is 17.1. The third kappa shape index (κ3) is 5.53. The predicted molar refractivity (Wildman–Crippen MR) is 80.3 cm³/mol. The van der Waals surface area contributed by atoms with Gasteiger partial charge in [0.25, 0.3) is 0 Å². The van der Waals surface area contributed by atoms with Crippen LogP contribution in [0.5, 0.6) is 0 Å². The highest BCUT2D eigenvalue weighted by Crippen LogP contribution is 2.06. The molecule has 0 radical (unpaired) electrons. The highest BCUT2D eigenvalue weighted by molar-refractivity contribution is 5.84. The van der Waals surface area contributed by atoms with Crippen molar-refractivity contribution < 1.29 is 14.0 Å². The molecule has 116 valence electrons. The summed E-state index contributed by atoms with van der Waals surface area (Å²) in [6.07, 6.45) is 0.858. The van der Waals surface area contributed by atoms with Crippen LogP contribution in [0.15, 0.2) is 24.3 Å². The number of likely N-dealkylation sites (N-methyl/N-ethyl adjacent to an activating group) is 2. The van der Waals surface area contributed by atoms with E-state index >= 15 is 0 Å². The molecule has 0 fully saturated rings. The smallest absolute Gasteiger partial charge is 0.242 e. The minimum absolute atomic E-state index is 0.0439. The molecule has 1 aromatic rings. The van der Waals surface area contributed by atoms with Gasteiger partial charge in [-0.1, -0.05) is 12.1 Å². The monoisotopic (exact) mass is 294 g/mol. The van der Waals surface area contributed by atoms with Crippen LogP contribution in [0.2, 0.25) is 0 Å². The molecule has 0 saturated carbocycles. The maximum absolute atomic E-state index is 12.8. The summed E-state index contributed by atoms with van der Waals surface area (Å²) in [6.45, 7) is 5.22. The average Bonchev–Trinajstić information content (AvgIpc) is 2.47. The molecule has 0 unspecified atom stereocenters. The molecule has 0 atom stereocenters. The quantitative estimate of drug-likeness (QED) is 0.772. The Bertz CT molecular complexity index is 470. The lowest BCUT2D eigenvalue weighted by atomic mass is 10.1. The minimum Gasteiger partial charge on any atom is -0.342 e.